The van der Waals surface area contributed by atoms with Gasteiger partial charge in [0.25, 0.3) is 6.47 Å². The fraction of sp³-hybridized carbons (Fsp3) is 0.545. The molecule has 1 aromatic carbocycles. The molecule has 1 aliphatic heterocycles. The average molecular weight is 406 g/mol. The molecule has 0 spiro atoms. The number of hydrogen-bond donors (Lipinski definition) is 2. The Kier molecular flexibility index (Phi) is 8.55. The number of ether oxygens (including phenoxy) is 1. The maximum Gasteiger partial charge on any atom is 0.410 e. The number of rotatable bonds is 2. The highest BCUT2D eigenvalue weighted by Gasteiger charge is 2.36. The van der Waals surface area contributed by atoms with Crippen molar-refractivity contribution >= 4 is 29.2 Å². The van der Waals surface area contributed by atoms with E-state index in [4.69, 9.17) is 14.6 Å². The summed E-state index contributed by atoms with van der Waals surface area (Å²) in [4.78, 5) is 27.9. The van der Waals surface area contributed by atoms with Gasteiger partial charge in [-0.15, -0.1) is 0 Å². The van der Waals surface area contributed by atoms with E-state index >= 15 is 0 Å². The van der Waals surface area contributed by atoms with Crippen LogP contribution in [0.2, 0.25) is 0 Å². The maximum atomic E-state index is 12.1. The highest BCUT2D eigenvalue weighted by molar-refractivity contribution is 5.95. The normalized spacial score (nSPS) is 13.4. The van der Waals surface area contributed by atoms with E-state index in [9.17, 15) is 4.79 Å². The minimum atomic E-state index is -0.445. The third-order valence-corrected chi connectivity index (χ3v) is 4.56. The number of H-pyrrole nitrogens is 1. The van der Waals surface area contributed by atoms with E-state index in [0.29, 0.717) is 19.1 Å². The first-order valence-corrected chi connectivity index (χ1v) is 9.95. The molecule has 2 heterocycles. The molecule has 2 N–H and O–H groups in total. The number of aryl methyl sites for hydroxylation is 2. The van der Waals surface area contributed by atoms with Crippen molar-refractivity contribution in [2.24, 2.45) is 0 Å². The van der Waals surface area contributed by atoms with E-state index in [1.165, 1.54) is 22.2 Å². The fourth-order valence-corrected chi connectivity index (χ4v) is 3.16. The highest BCUT2D eigenvalue weighted by atomic mass is 16.6. The Bertz CT molecular complexity index is 817. The predicted molar refractivity (Wildman–Crippen MR) is 118 cm³/mol. The standard InChI is InChI=1S/C19H27N3O2.C2H6.CH2O2/c1-12-7-8-16(15-9-13(2)20-17(12)15)21(6)14-10-22(11-14)18(23)24-19(3,4)5;1-2;2-1-3/h7-9,14,20H,10-11H2,1-6H3;1-2H3;1H,(H,2,3). The molecule has 162 valence electrons. The lowest BCUT2D eigenvalue weighted by Gasteiger charge is -2.45. The van der Waals surface area contributed by atoms with Crippen molar-refractivity contribution in [2.45, 2.75) is 60.1 Å². The van der Waals surface area contributed by atoms with Crippen molar-refractivity contribution in [3.05, 3.63) is 29.5 Å². The number of likely N-dealkylation sites (tertiary alicyclic amines) is 1. The second kappa shape index (κ2) is 10.2. The second-order valence-electron chi connectivity index (χ2n) is 7.90. The molecular formula is C22H35N3O4. The quantitative estimate of drug-likeness (QED) is 0.715. The minimum absolute atomic E-state index is 0.223. The Morgan fingerprint density at radius 3 is 2.34 bits per heavy atom. The summed E-state index contributed by atoms with van der Waals surface area (Å²) in [5.41, 5.74) is 4.37. The van der Waals surface area contributed by atoms with E-state index in [-0.39, 0.29) is 12.6 Å². The van der Waals surface area contributed by atoms with E-state index < -0.39 is 5.60 Å². The molecule has 1 aromatic heterocycles. The number of aromatic amines is 1. The number of fused-ring (bicyclic) bond motifs is 1. The smallest absolute Gasteiger partial charge is 0.410 e. The monoisotopic (exact) mass is 405 g/mol. The number of hydrogen-bond acceptors (Lipinski definition) is 4. The van der Waals surface area contributed by atoms with Gasteiger partial charge in [-0.05, 0) is 52.3 Å². The van der Waals surface area contributed by atoms with Gasteiger partial charge in [0.15, 0.2) is 0 Å². The SMILES string of the molecule is CC.Cc1cc2c(N(C)C3CN(C(=O)OC(C)(C)C)C3)ccc(C)c2[nH]1.O=CO. The van der Waals surface area contributed by atoms with Gasteiger partial charge in [0, 0.05) is 36.9 Å². The first-order valence-electron chi connectivity index (χ1n) is 9.95. The van der Waals surface area contributed by atoms with Gasteiger partial charge in [-0.25, -0.2) is 4.79 Å². The zero-order chi connectivity index (χ0) is 22.4. The van der Waals surface area contributed by atoms with Crippen LogP contribution in [0.5, 0.6) is 0 Å². The summed E-state index contributed by atoms with van der Waals surface area (Å²) in [6.07, 6.45) is -0.223. The van der Waals surface area contributed by atoms with Gasteiger partial charge in [0.2, 0.25) is 0 Å². The third kappa shape index (κ3) is 6.14. The summed E-state index contributed by atoms with van der Waals surface area (Å²) in [5.74, 6) is 0. The van der Waals surface area contributed by atoms with E-state index in [1.54, 1.807) is 4.90 Å². The lowest BCUT2D eigenvalue weighted by Crippen LogP contribution is -2.61. The number of aromatic nitrogens is 1. The fourth-order valence-electron chi connectivity index (χ4n) is 3.16. The summed E-state index contributed by atoms with van der Waals surface area (Å²) in [6.45, 7) is 15.0. The number of carboxylic acid groups (broad SMARTS) is 1. The number of anilines is 1. The Hall–Kier alpha value is -2.70. The molecule has 2 aromatic rings. The first kappa shape index (κ1) is 24.3. The number of likely N-dealkylation sites (N-methyl/N-ethyl adjacent to an activating group) is 1. The molecule has 1 amide bonds. The molecule has 7 heteroatoms. The van der Waals surface area contributed by atoms with Gasteiger partial charge in [-0.2, -0.15) is 0 Å². The van der Waals surface area contributed by atoms with Crippen LogP contribution in [0, 0.1) is 13.8 Å². The van der Waals surface area contributed by atoms with Gasteiger partial charge in [0.1, 0.15) is 5.60 Å². The van der Waals surface area contributed by atoms with Crippen LogP contribution in [0.25, 0.3) is 10.9 Å². The number of amides is 1. The van der Waals surface area contributed by atoms with Crippen LogP contribution in [0.1, 0.15) is 45.9 Å². The molecule has 29 heavy (non-hydrogen) atoms. The molecule has 0 radical (unpaired) electrons. The van der Waals surface area contributed by atoms with Gasteiger partial charge < -0.3 is 24.6 Å². The summed E-state index contributed by atoms with van der Waals surface area (Å²) < 4.78 is 5.43. The van der Waals surface area contributed by atoms with E-state index in [0.717, 1.165) is 5.69 Å². The molecule has 0 bridgehead atoms. The average Bonchev–Trinajstić information content (AvgIpc) is 2.97. The zero-order valence-electron chi connectivity index (χ0n) is 18.9. The molecule has 1 fully saturated rings. The van der Waals surface area contributed by atoms with Crippen LogP contribution >= 0.6 is 0 Å². The molecule has 0 aliphatic carbocycles. The summed E-state index contributed by atoms with van der Waals surface area (Å²) in [6, 6.07) is 6.83. The van der Waals surface area contributed by atoms with Crippen molar-refractivity contribution in [1.82, 2.24) is 9.88 Å². The maximum absolute atomic E-state index is 12.1. The van der Waals surface area contributed by atoms with Gasteiger partial charge in [-0.3, -0.25) is 4.79 Å². The van der Waals surface area contributed by atoms with Crippen LogP contribution in [0.4, 0.5) is 10.5 Å². The Labute approximate surface area is 173 Å². The van der Waals surface area contributed by atoms with Crippen molar-refractivity contribution in [3.63, 3.8) is 0 Å². The Morgan fingerprint density at radius 1 is 1.28 bits per heavy atom. The van der Waals surface area contributed by atoms with Crippen molar-refractivity contribution < 1.29 is 19.4 Å². The molecule has 1 saturated heterocycles. The molecule has 3 rings (SSSR count). The summed E-state index contributed by atoms with van der Waals surface area (Å²) >= 11 is 0. The van der Waals surface area contributed by atoms with Crippen LogP contribution in [-0.2, 0) is 9.53 Å². The van der Waals surface area contributed by atoms with Gasteiger partial charge >= 0.3 is 6.09 Å². The van der Waals surface area contributed by atoms with Crippen LogP contribution in [0.3, 0.4) is 0 Å². The second-order valence-corrected chi connectivity index (χ2v) is 7.90. The molecular weight excluding hydrogens is 370 g/mol. The third-order valence-electron chi connectivity index (χ3n) is 4.56. The number of benzene rings is 1. The lowest BCUT2D eigenvalue weighted by atomic mass is 10.0. The van der Waals surface area contributed by atoms with Gasteiger partial charge in [-0.1, -0.05) is 19.9 Å². The lowest BCUT2D eigenvalue weighted by molar-refractivity contribution is -0.122. The number of nitrogens with one attached hydrogen (secondary N) is 1. The topological polar surface area (TPSA) is 85.9 Å². The molecule has 7 nitrogen and oxygen atoms in total. The van der Waals surface area contributed by atoms with Gasteiger partial charge in [0.05, 0.1) is 11.6 Å². The summed E-state index contributed by atoms with van der Waals surface area (Å²) in [5, 5.41) is 8.13. The molecule has 1 aliphatic rings. The molecule has 0 atom stereocenters. The minimum Gasteiger partial charge on any atom is -0.483 e. The summed E-state index contributed by atoms with van der Waals surface area (Å²) in [7, 11) is 2.10. The Morgan fingerprint density at radius 2 is 1.83 bits per heavy atom. The van der Waals surface area contributed by atoms with E-state index in [1.807, 2.05) is 34.6 Å². The van der Waals surface area contributed by atoms with Crippen LogP contribution < -0.4 is 4.90 Å². The zero-order valence-corrected chi connectivity index (χ0v) is 18.9. The number of carbonyl (C=O) groups excluding carboxylic acids is 1. The number of carbonyl (C=O) groups is 2. The first-order chi connectivity index (χ1) is 13.6. The van der Waals surface area contributed by atoms with Crippen molar-refractivity contribution in [1.29, 1.82) is 0 Å². The van der Waals surface area contributed by atoms with E-state index in [2.05, 4.69) is 49.0 Å². The molecule has 0 saturated carbocycles. The Balaban J connectivity index is 0.000000771. The van der Waals surface area contributed by atoms with Crippen LogP contribution in [-0.4, -0.2) is 59.3 Å². The number of nitrogens with zero attached hydrogens (tertiary/aromatic N) is 2. The largest absolute Gasteiger partial charge is 0.483 e. The highest BCUT2D eigenvalue weighted by Crippen LogP contribution is 2.32. The predicted octanol–water partition coefficient (Wildman–Crippen LogP) is 4.57. The van der Waals surface area contributed by atoms with Crippen molar-refractivity contribution in [3.8, 4) is 0 Å². The van der Waals surface area contributed by atoms with Crippen molar-refractivity contribution in [2.75, 3.05) is 25.0 Å². The molecule has 0 unspecified atom stereocenters. The van der Waals surface area contributed by atoms with Crippen LogP contribution in [0.15, 0.2) is 18.2 Å².